The summed E-state index contributed by atoms with van der Waals surface area (Å²) in [5, 5.41) is 11.7. The summed E-state index contributed by atoms with van der Waals surface area (Å²) in [6.07, 6.45) is 0. The molecule has 1 aromatic heterocycles. The molecular formula is C12H15N5. The average Bonchev–Trinajstić information content (AvgIpc) is 2.33. The molecule has 0 aliphatic carbocycles. The highest BCUT2D eigenvalue weighted by Crippen LogP contribution is 2.16. The summed E-state index contributed by atoms with van der Waals surface area (Å²) in [4.78, 5) is 6.78. The third-order valence-corrected chi connectivity index (χ3v) is 3.15. The van der Waals surface area contributed by atoms with Gasteiger partial charge in [-0.3, -0.25) is 0 Å². The standard InChI is InChI=1S/C12H15N5/c1-2-17(9-7-13-8-9)12-14-10-5-3-4-6-11(10)15-16-12/h3-6,9,13H,2,7-8H2,1H3. The Morgan fingerprint density at radius 3 is 2.65 bits per heavy atom. The van der Waals surface area contributed by atoms with Crippen molar-refractivity contribution in [1.82, 2.24) is 20.5 Å². The van der Waals surface area contributed by atoms with Crippen molar-refractivity contribution in [3.8, 4) is 0 Å². The second kappa shape index (κ2) is 4.25. The molecule has 1 saturated heterocycles. The van der Waals surface area contributed by atoms with Gasteiger partial charge in [-0.05, 0) is 19.1 Å². The second-order valence-corrected chi connectivity index (χ2v) is 4.20. The van der Waals surface area contributed by atoms with E-state index in [0.717, 1.165) is 36.6 Å². The number of benzene rings is 1. The van der Waals surface area contributed by atoms with Crippen molar-refractivity contribution in [2.75, 3.05) is 24.5 Å². The maximum atomic E-state index is 4.57. The minimum atomic E-state index is 0.503. The predicted octanol–water partition coefficient (Wildman–Crippen LogP) is 0.823. The summed E-state index contributed by atoms with van der Waals surface area (Å²) in [6, 6.07) is 8.33. The molecule has 5 nitrogen and oxygen atoms in total. The number of rotatable bonds is 3. The van der Waals surface area contributed by atoms with E-state index in [2.05, 4.69) is 32.3 Å². The van der Waals surface area contributed by atoms with Gasteiger partial charge in [-0.1, -0.05) is 12.1 Å². The van der Waals surface area contributed by atoms with E-state index >= 15 is 0 Å². The fraction of sp³-hybridized carbons (Fsp3) is 0.417. The van der Waals surface area contributed by atoms with Gasteiger partial charge in [0.15, 0.2) is 0 Å². The quantitative estimate of drug-likeness (QED) is 0.844. The number of para-hydroxylation sites is 1. The highest BCUT2D eigenvalue weighted by atomic mass is 15.4. The van der Waals surface area contributed by atoms with Gasteiger partial charge in [0.25, 0.3) is 0 Å². The van der Waals surface area contributed by atoms with Crippen molar-refractivity contribution >= 4 is 17.0 Å². The Kier molecular flexibility index (Phi) is 2.60. The number of aromatic nitrogens is 3. The molecule has 1 aliphatic rings. The topological polar surface area (TPSA) is 53.9 Å². The lowest BCUT2D eigenvalue weighted by atomic mass is 10.1. The van der Waals surface area contributed by atoms with Crippen LogP contribution in [-0.4, -0.2) is 40.9 Å². The first-order chi connectivity index (χ1) is 8.38. The zero-order chi connectivity index (χ0) is 11.7. The Morgan fingerprint density at radius 2 is 2.00 bits per heavy atom. The van der Waals surface area contributed by atoms with Gasteiger partial charge in [-0.15, -0.1) is 10.2 Å². The van der Waals surface area contributed by atoms with Gasteiger partial charge < -0.3 is 10.2 Å². The van der Waals surface area contributed by atoms with Crippen molar-refractivity contribution in [2.24, 2.45) is 0 Å². The number of hydrogen-bond acceptors (Lipinski definition) is 5. The van der Waals surface area contributed by atoms with E-state index in [0.29, 0.717) is 6.04 Å². The van der Waals surface area contributed by atoms with E-state index in [-0.39, 0.29) is 0 Å². The van der Waals surface area contributed by atoms with E-state index in [1.165, 1.54) is 0 Å². The molecule has 2 aromatic rings. The molecule has 0 spiro atoms. The molecule has 1 N–H and O–H groups in total. The number of anilines is 1. The summed E-state index contributed by atoms with van der Waals surface area (Å²) in [5.74, 6) is 0.734. The maximum Gasteiger partial charge on any atom is 0.246 e. The minimum absolute atomic E-state index is 0.503. The Hall–Kier alpha value is -1.75. The molecule has 1 aliphatic heterocycles. The SMILES string of the molecule is CCN(c1nnc2ccccc2n1)C1CNC1. The molecule has 0 bridgehead atoms. The lowest BCUT2D eigenvalue weighted by Gasteiger charge is -2.37. The van der Waals surface area contributed by atoms with Crippen LogP contribution in [0.5, 0.6) is 0 Å². The highest BCUT2D eigenvalue weighted by Gasteiger charge is 2.25. The number of hydrogen-bond donors (Lipinski definition) is 1. The van der Waals surface area contributed by atoms with Crippen LogP contribution in [0.1, 0.15) is 6.92 Å². The normalized spacial score (nSPS) is 15.8. The molecule has 2 heterocycles. The van der Waals surface area contributed by atoms with Crippen molar-refractivity contribution in [2.45, 2.75) is 13.0 Å². The summed E-state index contributed by atoms with van der Waals surface area (Å²) in [7, 11) is 0. The molecule has 1 fully saturated rings. The fourth-order valence-electron chi connectivity index (χ4n) is 2.05. The lowest BCUT2D eigenvalue weighted by molar-refractivity contribution is 0.412. The first-order valence-corrected chi connectivity index (χ1v) is 5.95. The van der Waals surface area contributed by atoms with E-state index in [1.807, 2.05) is 24.3 Å². The largest absolute Gasteiger partial charge is 0.334 e. The van der Waals surface area contributed by atoms with E-state index in [9.17, 15) is 0 Å². The first kappa shape index (κ1) is 10.4. The molecule has 0 unspecified atom stereocenters. The van der Waals surface area contributed by atoms with Gasteiger partial charge in [0, 0.05) is 19.6 Å². The molecular weight excluding hydrogens is 214 g/mol. The van der Waals surface area contributed by atoms with Gasteiger partial charge >= 0.3 is 0 Å². The van der Waals surface area contributed by atoms with E-state index in [4.69, 9.17) is 0 Å². The Morgan fingerprint density at radius 1 is 1.24 bits per heavy atom. The number of fused-ring (bicyclic) bond motifs is 1. The highest BCUT2D eigenvalue weighted by molar-refractivity contribution is 5.74. The van der Waals surface area contributed by atoms with Crippen LogP contribution >= 0.6 is 0 Å². The summed E-state index contributed by atoms with van der Waals surface area (Å²) >= 11 is 0. The van der Waals surface area contributed by atoms with E-state index < -0.39 is 0 Å². The third-order valence-electron chi connectivity index (χ3n) is 3.15. The molecule has 17 heavy (non-hydrogen) atoms. The Balaban J connectivity index is 1.98. The lowest BCUT2D eigenvalue weighted by Crippen LogP contribution is -2.57. The molecule has 0 atom stereocenters. The first-order valence-electron chi connectivity index (χ1n) is 5.95. The smallest absolute Gasteiger partial charge is 0.246 e. The van der Waals surface area contributed by atoms with Crippen molar-refractivity contribution < 1.29 is 0 Å². The molecule has 5 heteroatoms. The van der Waals surface area contributed by atoms with Crippen LogP contribution in [0.3, 0.4) is 0 Å². The third kappa shape index (κ3) is 1.82. The average molecular weight is 229 g/mol. The zero-order valence-electron chi connectivity index (χ0n) is 9.80. The van der Waals surface area contributed by atoms with Crippen LogP contribution in [0.25, 0.3) is 11.0 Å². The number of likely N-dealkylation sites (N-methyl/N-ethyl adjacent to an activating group) is 1. The predicted molar refractivity (Wildman–Crippen MR) is 67.0 cm³/mol. The van der Waals surface area contributed by atoms with Gasteiger partial charge in [0.05, 0.1) is 11.6 Å². The van der Waals surface area contributed by atoms with Gasteiger partial charge in [0.2, 0.25) is 5.95 Å². The van der Waals surface area contributed by atoms with Gasteiger partial charge in [-0.25, -0.2) is 4.98 Å². The van der Waals surface area contributed by atoms with Crippen LogP contribution in [0.4, 0.5) is 5.95 Å². The van der Waals surface area contributed by atoms with Gasteiger partial charge in [0.1, 0.15) is 5.52 Å². The van der Waals surface area contributed by atoms with Crippen molar-refractivity contribution in [1.29, 1.82) is 0 Å². The summed E-state index contributed by atoms with van der Waals surface area (Å²) < 4.78 is 0. The maximum absolute atomic E-state index is 4.57. The summed E-state index contributed by atoms with van der Waals surface area (Å²) in [5.41, 5.74) is 1.75. The van der Waals surface area contributed by atoms with Crippen LogP contribution in [0, 0.1) is 0 Å². The van der Waals surface area contributed by atoms with Crippen LogP contribution in [0.15, 0.2) is 24.3 Å². The van der Waals surface area contributed by atoms with Gasteiger partial charge in [-0.2, -0.15) is 0 Å². The van der Waals surface area contributed by atoms with Crippen molar-refractivity contribution in [3.63, 3.8) is 0 Å². The van der Waals surface area contributed by atoms with Crippen LogP contribution in [-0.2, 0) is 0 Å². The minimum Gasteiger partial charge on any atom is -0.334 e. The van der Waals surface area contributed by atoms with Crippen LogP contribution < -0.4 is 10.2 Å². The molecule has 0 radical (unpaired) electrons. The number of nitrogens with zero attached hydrogens (tertiary/aromatic N) is 4. The van der Waals surface area contributed by atoms with Crippen LogP contribution in [0.2, 0.25) is 0 Å². The van der Waals surface area contributed by atoms with E-state index in [1.54, 1.807) is 0 Å². The Bertz CT molecular complexity index is 523. The monoisotopic (exact) mass is 229 g/mol. The second-order valence-electron chi connectivity index (χ2n) is 4.20. The molecule has 0 saturated carbocycles. The molecule has 1 aromatic carbocycles. The number of nitrogens with one attached hydrogen (secondary N) is 1. The van der Waals surface area contributed by atoms with Crippen molar-refractivity contribution in [3.05, 3.63) is 24.3 Å². The Labute approximate surface area is 99.9 Å². The fourth-order valence-corrected chi connectivity index (χ4v) is 2.05. The zero-order valence-corrected chi connectivity index (χ0v) is 9.80. The molecule has 88 valence electrons. The summed E-state index contributed by atoms with van der Waals surface area (Å²) in [6.45, 7) is 5.04. The molecule has 0 amide bonds. The molecule has 3 rings (SSSR count).